The van der Waals surface area contributed by atoms with E-state index < -0.39 is 15.3 Å². The summed E-state index contributed by atoms with van der Waals surface area (Å²) in [6, 6.07) is 0. The highest BCUT2D eigenvalue weighted by Crippen LogP contribution is 2.00. The van der Waals surface area contributed by atoms with Crippen LogP contribution in [0.3, 0.4) is 0 Å². The molecule has 0 aliphatic carbocycles. The fourth-order valence-corrected chi connectivity index (χ4v) is 1.22. The Morgan fingerprint density at radius 3 is 2.22 bits per heavy atom. The van der Waals surface area contributed by atoms with Gasteiger partial charge in [-0.15, -0.1) is 11.6 Å². The van der Waals surface area contributed by atoms with Gasteiger partial charge in [0, 0.05) is 5.88 Å². The van der Waals surface area contributed by atoms with Crippen molar-refractivity contribution in [1.29, 1.82) is 0 Å². The number of hydrogen-bond acceptors (Lipinski definition) is 2. The van der Waals surface area contributed by atoms with E-state index in [0.29, 0.717) is 12.3 Å². The van der Waals surface area contributed by atoms with Crippen LogP contribution in [0.5, 0.6) is 0 Å². The van der Waals surface area contributed by atoms with Crippen LogP contribution in [0, 0.1) is 0 Å². The molecule has 0 aromatic carbocycles. The van der Waals surface area contributed by atoms with E-state index in [0.717, 1.165) is 0 Å². The Labute approximate surface area is 60.2 Å². The van der Waals surface area contributed by atoms with Crippen LogP contribution in [-0.4, -0.2) is 19.5 Å². The van der Waals surface area contributed by atoms with Crippen molar-refractivity contribution in [3.8, 4) is 0 Å². The third kappa shape index (κ3) is 3.72. The smallest absolute Gasteiger partial charge is 0.211 e. The fraction of sp³-hybridized carbons (Fsp3) is 1.00. The summed E-state index contributed by atoms with van der Waals surface area (Å²) in [5, 5.41) is 4.26. The molecule has 56 valence electrons. The van der Waals surface area contributed by atoms with E-state index in [1.807, 2.05) is 0 Å². The number of nitrogens with two attached hydrogens (primary N) is 1. The zero-order valence-electron chi connectivity index (χ0n) is 5.17. The van der Waals surface area contributed by atoms with Crippen molar-refractivity contribution in [1.82, 2.24) is 0 Å². The number of halogens is 1. The molecular weight excluding hydrogens is 162 g/mol. The molecule has 0 amide bonds. The number of alkyl halides is 1. The molecule has 0 saturated heterocycles. The minimum absolute atomic E-state index is 0.331. The van der Waals surface area contributed by atoms with Crippen LogP contribution in [0.25, 0.3) is 0 Å². The van der Waals surface area contributed by atoms with Gasteiger partial charge in [-0.05, 0) is 13.3 Å². The van der Waals surface area contributed by atoms with Crippen LogP contribution in [0.15, 0.2) is 0 Å². The van der Waals surface area contributed by atoms with Gasteiger partial charge in [-0.3, -0.25) is 0 Å². The summed E-state index contributed by atoms with van der Waals surface area (Å²) in [5.74, 6) is 0.331. The Balaban J connectivity index is 3.90. The number of sulfonamides is 1. The second-order valence-electron chi connectivity index (χ2n) is 1.88. The van der Waals surface area contributed by atoms with Crippen molar-refractivity contribution in [3.63, 3.8) is 0 Å². The van der Waals surface area contributed by atoms with E-state index in [4.69, 9.17) is 16.7 Å². The van der Waals surface area contributed by atoms with Gasteiger partial charge in [0.25, 0.3) is 0 Å². The highest BCUT2D eigenvalue weighted by molar-refractivity contribution is 7.89. The Morgan fingerprint density at radius 1 is 1.67 bits per heavy atom. The van der Waals surface area contributed by atoms with Crippen molar-refractivity contribution in [2.75, 3.05) is 5.88 Å². The zero-order valence-corrected chi connectivity index (χ0v) is 6.74. The van der Waals surface area contributed by atoms with E-state index >= 15 is 0 Å². The molecule has 1 unspecified atom stereocenters. The normalized spacial score (nSPS) is 15.4. The molecule has 0 aliphatic rings. The molecule has 0 rings (SSSR count). The number of rotatable bonds is 3. The molecule has 0 aromatic heterocycles. The first-order valence-electron chi connectivity index (χ1n) is 2.56. The van der Waals surface area contributed by atoms with Gasteiger partial charge in [0.05, 0.1) is 5.25 Å². The predicted molar refractivity (Wildman–Crippen MR) is 37.9 cm³/mol. The quantitative estimate of drug-likeness (QED) is 0.621. The van der Waals surface area contributed by atoms with Crippen molar-refractivity contribution in [3.05, 3.63) is 0 Å². The van der Waals surface area contributed by atoms with Crippen LogP contribution in [-0.2, 0) is 10.0 Å². The highest BCUT2D eigenvalue weighted by Gasteiger charge is 2.13. The maximum absolute atomic E-state index is 10.4. The lowest BCUT2D eigenvalue weighted by Gasteiger charge is -2.03. The SMILES string of the molecule is CC(CCCl)S(N)(=O)=O. The summed E-state index contributed by atoms with van der Waals surface area (Å²) in [7, 11) is -3.35. The molecule has 0 spiro atoms. The number of primary sulfonamides is 1. The Hall–Kier alpha value is 0.200. The Kier molecular flexibility index (Phi) is 3.46. The van der Waals surface area contributed by atoms with Crippen molar-refractivity contribution >= 4 is 21.6 Å². The summed E-state index contributed by atoms with van der Waals surface area (Å²) in [4.78, 5) is 0. The van der Waals surface area contributed by atoms with E-state index in [9.17, 15) is 8.42 Å². The molecule has 2 N–H and O–H groups in total. The summed E-state index contributed by atoms with van der Waals surface area (Å²) in [5.41, 5.74) is 0. The average Bonchev–Trinajstić information content (AvgIpc) is 1.64. The topological polar surface area (TPSA) is 60.2 Å². The Morgan fingerprint density at radius 2 is 2.11 bits per heavy atom. The lowest BCUT2D eigenvalue weighted by atomic mass is 10.4. The molecule has 3 nitrogen and oxygen atoms in total. The highest BCUT2D eigenvalue weighted by atomic mass is 35.5. The van der Waals surface area contributed by atoms with Gasteiger partial charge in [-0.1, -0.05) is 0 Å². The summed E-state index contributed by atoms with van der Waals surface area (Å²) in [6.07, 6.45) is 0.417. The zero-order chi connectivity index (χ0) is 7.49. The van der Waals surface area contributed by atoms with E-state index in [1.54, 1.807) is 0 Å². The molecule has 0 heterocycles. The van der Waals surface area contributed by atoms with Crippen LogP contribution in [0.1, 0.15) is 13.3 Å². The van der Waals surface area contributed by atoms with Gasteiger partial charge in [-0.25, -0.2) is 13.6 Å². The monoisotopic (exact) mass is 171 g/mol. The van der Waals surface area contributed by atoms with E-state index in [2.05, 4.69) is 0 Å². The first-order chi connectivity index (χ1) is 3.98. The molecule has 0 aliphatic heterocycles. The third-order valence-electron chi connectivity index (χ3n) is 1.08. The minimum Gasteiger partial charge on any atom is -0.228 e. The molecule has 1 atom stereocenters. The van der Waals surface area contributed by atoms with Gasteiger partial charge < -0.3 is 0 Å². The maximum atomic E-state index is 10.4. The maximum Gasteiger partial charge on any atom is 0.211 e. The van der Waals surface area contributed by atoms with Crippen LogP contribution >= 0.6 is 11.6 Å². The van der Waals surface area contributed by atoms with E-state index in [1.165, 1.54) is 6.92 Å². The molecule has 0 bridgehead atoms. The predicted octanol–water partition coefficient (Wildman–Crippen LogP) is 0.292. The molecule has 0 saturated carbocycles. The van der Waals surface area contributed by atoms with Gasteiger partial charge in [-0.2, -0.15) is 0 Å². The minimum atomic E-state index is -3.35. The van der Waals surface area contributed by atoms with Crippen molar-refractivity contribution in [2.45, 2.75) is 18.6 Å². The standard InChI is InChI=1S/C4H10ClNO2S/c1-4(2-3-5)9(6,7)8/h4H,2-3H2,1H3,(H2,6,7,8). The number of hydrogen-bond donors (Lipinski definition) is 1. The summed E-state index contributed by atoms with van der Waals surface area (Å²) < 4.78 is 20.9. The Bertz CT molecular complexity index is 165. The first-order valence-corrected chi connectivity index (χ1v) is 4.70. The van der Waals surface area contributed by atoms with Crippen LogP contribution in [0.4, 0.5) is 0 Å². The fourth-order valence-electron chi connectivity index (χ4n) is 0.318. The van der Waals surface area contributed by atoms with Gasteiger partial charge in [0.2, 0.25) is 10.0 Å². The summed E-state index contributed by atoms with van der Waals surface area (Å²) >= 11 is 5.28. The van der Waals surface area contributed by atoms with E-state index in [-0.39, 0.29) is 0 Å². The third-order valence-corrected chi connectivity index (χ3v) is 2.65. The first kappa shape index (κ1) is 9.20. The molecular formula is C4H10ClNO2S. The van der Waals surface area contributed by atoms with Gasteiger partial charge in [0.1, 0.15) is 0 Å². The molecule has 0 aromatic rings. The van der Waals surface area contributed by atoms with Gasteiger partial charge in [0.15, 0.2) is 0 Å². The molecule has 0 radical (unpaired) electrons. The molecule has 9 heavy (non-hydrogen) atoms. The molecule has 5 heteroatoms. The molecule has 0 fully saturated rings. The summed E-state index contributed by atoms with van der Waals surface area (Å²) in [6.45, 7) is 1.54. The van der Waals surface area contributed by atoms with Gasteiger partial charge >= 0.3 is 0 Å². The second kappa shape index (κ2) is 3.39. The lowest BCUT2D eigenvalue weighted by molar-refractivity contribution is 0.583. The van der Waals surface area contributed by atoms with Crippen molar-refractivity contribution < 1.29 is 8.42 Å². The largest absolute Gasteiger partial charge is 0.228 e. The van der Waals surface area contributed by atoms with Crippen LogP contribution in [0.2, 0.25) is 0 Å². The lowest BCUT2D eigenvalue weighted by Crippen LogP contribution is -2.25. The average molecular weight is 172 g/mol. The van der Waals surface area contributed by atoms with Crippen molar-refractivity contribution in [2.24, 2.45) is 5.14 Å². The van der Waals surface area contributed by atoms with Crippen LogP contribution < -0.4 is 5.14 Å². The second-order valence-corrected chi connectivity index (χ2v) is 4.24.